The van der Waals surface area contributed by atoms with Crippen LogP contribution in [0.5, 0.6) is 11.5 Å². The van der Waals surface area contributed by atoms with Crippen LogP contribution in [-0.4, -0.2) is 22.3 Å². The van der Waals surface area contributed by atoms with E-state index < -0.39 is 17.7 Å². The highest BCUT2D eigenvalue weighted by Gasteiger charge is 2.23. The van der Waals surface area contributed by atoms with E-state index in [0.29, 0.717) is 27.6 Å². The van der Waals surface area contributed by atoms with Gasteiger partial charge in [-0.3, -0.25) is 9.36 Å². The van der Waals surface area contributed by atoms with Crippen LogP contribution in [0.15, 0.2) is 76.7 Å². The second kappa shape index (κ2) is 8.63. The summed E-state index contributed by atoms with van der Waals surface area (Å²) in [5, 5.41) is 0.880. The van der Waals surface area contributed by atoms with Crippen molar-refractivity contribution in [2.45, 2.75) is 23.6 Å². The number of para-hydroxylation sites is 3. The van der Waals surface area contributed by atoms with Gasteiger partial charge >= 0.3 is 0 Å². The van der Waals surface area contributed by atoms with Crippen LogP contribution in [0, 0.1) is 11.6 Å². The number of aromatic nitrogens is 2. The summed E-state index contributed by atoms with van der Waals surface area (Å²) in [5.41, 5.74) is 0.525. The van der Waals surface area contributed by atoms with Crippen molar-refractivity contribution in [3.8, 4) is 11.5 Å². The lowest BCUT2D eigenvalue weighted by Gasteiger charge is -2.27. The van der Waals surface area contributed by atoms with Crippen molar-refractivity contribution in [1.29, 1.82) is 0 Å². The van der Waals surface area contributed by atoms with Crippen LogP contribution in [0.4, 0.5) is 8.78 Å². The van der Waals surface area contributed by atoms with Crippen LogP contribution >= 0.6 is 11.8 Å². The molecule has 0 saturated heterocycles. The minimum Gasteiger partial charge on any atom is -0.486 e. The molecule has 32 heavy (non-hydrogen) atoms. The van der Waals surface area contributed by atoms with Crippen molar-refractivity contribution in [2.75, 3.05) is 6.61 Å². The van der Waals surface area contributed by atoms with Gasteiger partial charge in [-0.1, -0.05) is 36.0 Å². The number of fused-ring (bicyclic) bond motifs is 2. The molecular weight excluding hydrogens is 434 g/mol. The van der Waals surface area contributed by atoms with Gasteiger partial charge in [-0.05, 0) is 42.5 Å². The molecule has 5 nitrogen and oxygen atoms in total. The molecule has 0 spiro atoms. The maximum atomic E-state index is 14.1. The highest BCUT2D eigenvalue weighted by atomic mass is 32.2. The van der Waals surface area contributed by atoms with E-state index in [2.05, 4.69) is 4.98 Å². The molecule has 2 heterocycles. The molecule has 4 aromatic rings. The van der Waals surface area contributed by atoms with E-state index in [4.69, 9.17) is 9.47 Å². The predicted molar refractivity (Wildman–Crippen MR) is 118 cm³/mol. The van der Waals surface area contributed by atoms with Crippen molar-refractivity contribution in [3.05, 3.63) is 94.3 Å². The van der Waals surface area contributed by atoms with Crippen LogP contribution in [0.3, 0.4) is 0 Å². The number of nitrogens with zero attached hydrogens (tertiary/aromatic N) is 2. The third kappa shape index (κ3) is 4.05. The SMILES string of the molecule is O=c1c2ccccc2nc(SCc2cc(F)ccc2F)n1CC1COc2ccccc2O1. The molecule has 1 aromatic heterocycles. The molecule has 0 N–H and O–H groups in total. The number of ether oxygens (including phenoxy) is 2. The fraction of sp³-hybridized carbons (Fsp3) is 0.167. The standard InChI is InChI=1S/C24H18F2N2O3S/c25-16-9-10-19(26)15(11-16)14-32-24-27-20-6-2-1-5-18(20)23(29)28(24)12-17-13-30-21-7-3-4-8-22(21)31-17/h1-11,17H,12-14H2. The summed E-state index contributed by atoms with van der Waals surface area (Å²) < 4.78 is 41.0. The lowest BCUT2D eigenvalue weighted by Crippen LogP contribution is -2.37. The van der Waals surface area contributed by atoms with E-state index in [-0.39, 0.29) is 30.0 Å². The van der Waals surface area contributed by atoms with Gasteiger partial charge < -0.3 is 9.47 Å². The van der Waals surface area contributed by atoms with Gasteiger partial charge in [0.2, 0.25) is 0 Å². The van der Waals surface area contributed by atoms with E-state index in [1.54, 1.807) is 24.3 Å². The molecule has 3 aromatic carbocycles. The Morgan fingerprint density at radius 1 is 1.03 bits per heavy atom. The van der Waals surface area contributed by atoms with Gasteiger partial charge in [0.25, 0.3) is 5.56 Å². The molecule has 0 fully saturated rings. The summed E-state index contributed by atoms with van der Waals surface area (Å²) in [6.07, 6.45) is -0.407. The highest BCUT2D eigenvalue weighted by Crippen LogP contribution is 2.32. The average Bonchev–Trinajstić information content (AvgIpc) is 2.81. The summed E-state index contributed by atoms with van der Waals surface area (Å²) >= 11 is 1.18. The minimum absolute atomic E-state index is 0.124. The summed E-state index contributed by atoms with van der Waals surface area (Å²) in [7, 11) is 0. The van der Waals surface area contributed by atoms with E-state index in [1.807, 2.05) is 24.3 Å². The zero-order chi connectivity index (χ0) is 22.1. The zero-order valence-electron chi connectivity index (χ0n) is 16.8. The normalized spacial score (nSPS) is 15.1. The Balaban J connectivity index is 1.48. The molecule has 1 atom stereocenters. The first-order chi connectivity index (χ1) is 15.6. The first-order valence-electron chi connectivity index (χ1n) is 10.0. The molecule has 0 amide bonds. The minimum atomic E-state index is -0.516. The number of rotatable bonds is 5. The van der Waals surface area contributed by atoms with Crippen LogP contribution in [0.2, 0.25) is 0 Å². The molecule has 1 aliphatic heterocycles. The van der Waals surface area contributed by atoms with Gasteiger partial charge in [0.1, 0.15) is 18.2 Å². The predicted octanol–water partition coefficient (Wildman–Crippen LogP) is 4.81. The quantitative estimate of drug-likeness (QED) is 0.321. The lowest BCUT2D eigenvalue weighted by molar-refractivity contribution is 0.0757. The van der Waals surface area contributed by atoms with Crippen molar-refractivity contribution >= 4 is 22.7 Å². The molecule has 162 valence electrons. The zero-order valence-corrected chi connectivity index (χ0v) is 17.6. The van der Waals surface area contributed by atoms with Crippen LogP contribution in [-0.2, 0) is 12.3 Å². The van der Waals surface area contributed by atoms with Crippen molar-refractivity contribution in [3.63, 3.8) is 0 Å². The van der Waals surface area contributed by atoms with E-state index in [9.17, 15) is 13.6 Å². The molecule has 0 saturated carbocycles. The maximum Gasteiger partial charge on any atom is 0.262 e. The molecule has 0 bridgehead atoms. The number of benzene rings is 3. The smallest absolute Gasteiger partial charge is 0.262 e. The van der Waals surface area contributed by atoms with Gasteiger partial charge in [0, 0.05) is 11.3 Å². The van der Waals surface area contributed by atoms with Crippen molar-refractivity contribution in [1.82, 2.24) is 9.55 Å². The van der Waals surface area contributed by atoms with Gasteiger partial charge in [0.15, 0.2) is 22.8 Å². The number of thioether (sulfide) groups is 1. The monoisotopic (exact) mass is 452 g/mol. The van der Waals surface area contributed by atoms with Crippen molar-refractivity contribution in [2.24, 2.45) is 0 Å². The third-order valence-corrected chi connectivity index (χ3v) is 6.17. The first-order valence-corrected chi connectivity index (χ1v) is 11.0. The van der Waals surface area contributed by atoms with Crippen molar-refractivity contribution < 1.29 is 18.3 Å². The summed E-state index contributed by atoms with van der Waals surface area (Å²) in [6, 6.07) is 17.7. The Hall–Kier alpha value is -3.39. The third-order valence-electron chi connectivity index (χ3n) is 5.14. The van der Waals surface area contributed by atoms with Gasteiger partial charge in [0.05, 0.1) is 17.4 Å². The highest BCUT2D eigenvalue weighted by molar-refractivity contribution is 7.98. The Labute approximate surface area is 186 Å². The Kier molecular flexibility index (Phi) is 5.53. The maximum absolute atomic E-state index is 14.1. The Morgan fingerprint density at radius 3 is 2.69 bits per heavy atom. The summed E-state index contributed by atoms with van der Waals surface area (Å²) in [4.78, 5) is 17.9. The molecule has 0 radical (unpaired) electrons. The Morgan fingerprint density at radius 2 is 1.81 bits per heavy atom. The Bertz CT molecular complexity index is 1360. The van der Waals surface area contributed by atoms with Crippen LogP contribution in [0.1, 0.15) is 5.56 Å². The van der Waals surface area contributed by atoms with Gasteiger partial charge in [-0.25, -0.2) is 13.8 Å². The van der Waals surface area contributed by atoms with E-state index in [0.717, 1.165) is 18.2 Å². The second-order valence-corrected chi connectivity index (χ2v) is 8.29. The topological polar surface area (TPSA) is 53.4 Å². The van der Waals surface area contributed by atoms with E-state index >= 15 is 0 Å². The summed E-state index contributed by atoms with van der Waals surface area (Å²) in [5.74, 6) is 0.371. The van der Waals surface area contributed by atoms with Gasteiger partial charge in [-0.15, -0.1) is 0 Å². The number of hydrogen-bond acceptors (Lipinski definition) is 5. The molecular formula is C24H18F2N2O3S. The molecule has 1 aliphatic rings. The largest absolute Gasteiger partial charge is 0.486 e. The number of hydrogen-bond donors (Lipinski definition) is 0. The second-order valence-electron chi connectivity index (χ2n) is 7.35. The number of halogens is 2. The first kappa shape index (κ1) is 20.5. The lowest BCUT2D eigenvalue weighted by atomic mass is 10.2. The van der Waals surface area contributed by atoms with Crippen LogP contribution in [0.25, 0.3) is 10.9 Å². The fourth-order valence-electron chi connectivity index (χ4n) is 3.57. The van der Waals surface area contributed by atoms with Crippen LogP contribution < -0.4 is 15.0 Å². The van der Waals surface area contributed by atoms with Gasteiger partial charge in [-0.2, -0.15) is 0 Å². The molecule has 5 rings (SSSR count). The van der Waals surface area contributed by atoms with E-state index in [1.165, 1.54) is 16.3 Å². The average molecular weight is 452 g/mol. The molecule has 8 heteroatoms. The molecule has 1 unspecified atom stereocenters. The summed E-state index contributed by atoms with van der Waals surface area (Å²) in [6.45, 7) is 0.484. The molecule has 0 aliphatic carbocycles. The fourth-order valence-corrected chi connectivity index (χ4v) is 4.55.